The van der Waals surface area contributed by atoms with Crippen molar-refractivity contribution in [3.05, 3.63) is 65.7 Å². The number of nitrogens with zero attached hydrogens (tertiary/aromatic N) is 2. The fraction of sp³-hybridized carbons (Fsp3) is 0.222. The molecule has 1 fully saturated rings. The normalized spacial score (nSPS) is 14.3. The lowest BCUT2D eigenvalue weighted by Gasteiger charge is -2.35. The number of hydrogen-bond acceptors (Lipinski definition) is 3. The summed E-state index contributed by atoms with van der Waals surface area (Å²) in [7, 11) is 1.72. The molecule has 1 aliphatic rings. The van der Waals surface area contributed by atoms with E-state index in [9.17, 15) is 14.7 Å². The highest BCUT2D eigenvalue weighted by atomic mass is 16.3. The number of hydrogen-bond donors (Lipinski definition) is 1. The van der Waals surface area contributed by atoms with Crippen LogP contribution in [0.5, 0.6) is 0 Å². The van der Waals surface area contributed by atoms with E-state index in [1.807, 2.05) is 30.3 Å². The number of β-amino-alcohol motifs (C(OH)–C–C–N with tert-alkyl or cyclic N) is 1. The van der Waals surface area contributed by atoms with Crippen molar-refractivity contribution in [2.45, 2.75) is 6.10 Å². The first-order chi connectivity index (χ1) is 11.1. The van der Waals surface area contributed by atoms with Crippen LogP contribution in [-0.4, -0.2) is 48.1 Å². The summed E-state index contributed by atoms with van der Waals surface area (Å²) in [6.07, 6.45) is -0.417. The minimum atomic E-state index is -0.417. The standard InChI is InChI=1S/C18H18N2O3/c1-19(15-5-3-2-4-6-15)17(22)13-7-9-14(10-8-13)18(23)20-11-16(21)12-20/h2-10,16,21H,11-12H2,1H3. The zero-order valence-electron chi connectivity index (χ0n) is 12.8. The molecule has 1 saturated heterocycles. The Morgan fingerprint density at radius 2 is 1.57 bits per heavy atom. The number of rotatable bonds is 3. The highest BCUT2D eigenvalue weighted by Gasteiger charge is 2.29. The summed E-state index contributed by atoms with van der Waals surface area (Å²) in [6.45, 7) is 0.743. The molecule has 5 heteroatoms. The number of anilines is 1. The van der Waals surface area contributed by atoms with E-state index in [2.05, 4.69) is 0 Å². The number of carbonyl (C=O) groups excluding carboxylic acids is 2. The SMILES string of the molecule is CN(C(=O)c1ccc(C(=O)N2CC(O)C2)cc1)c1ccccc1. The van der Waals surface area contributed by atoms with Gasteiger partial charge in [0.25, 0.3) is 11.8 Å². The Balaban J connectivity index is 1.72. The molecule has 23 heavy (non-hydrogen) atoms. The molecule has 2 aromatic carbocycles. The number of aliphatic hydroxyl groups is 1. The van der Waals surface area contributed by atoms with Crippen LogP contribution in [0.2, 0.25) is 0 Å². The molecule has 0 radical (unpaired) electrons. The van der Waals surface area contributed by atoms with Crippen LogP contribution in [0.4, 0.5) is 5.69 Å². The lowest BCUT2D eigenvalue weighted by molar-refractivity contribution is 0.00589. The molecule has 0 unspecified atom stereocenters. The van der Waals surface area contributed by atoms with E-state index in [1.54, 1.807) is 41.1 Å². The van der Waals surface area contributed by atoms with Gasteiger partial charge >= 0.3 is 0 Å². The third-order valence-corrected chi connectivity index (χ3v) is 3.98. The van der Waals surface area contributed by atoms with Gasteiger partial charge in [-0.3, -0.25) is 9.59 Å². The molecule has 1 heterocycles. The second-order valence-corrected chi connectivity index (χ2v) is 5.64. The maximum absolute atomic E-state index is 12.5. The quantitative estimate of drug-likeness (QED) is 0.940. The number of amides is 2. The predicted molar refractivity (Wildman–Crippen MR) is 87.5 cm³/mol. The van der Waals surface area contributed by atoms with Crippen LogP contribution in [0.3, 0.4) is 0 Å². The van der Waals surface area contributed by atoms with Crippen molar-refractivity contribution in [1.29, 1.82) is 0 Å². The van der Waals surface area contributed by atoms with Gasteiger partial charge in [0.15, 0.2) is 0 Å². The average molecular weight is 310 g/mol. The maximum Gasteiger partial charge on any atom is 0.258 e. The van der Waals surface area contributed by atoms with Crippen molar-refractivity contribution in [3.8, 4) is 0 Å². The van der Waals surface area contributed by atoms with Crippen LogP contribution in [0.25, 0.3) is 0 Å². The monoisotopic (exact) mass is 310 g/mol. The minimum absolute atomic E-state index is 0.120. The Hall–Kier alpha value is -2.66. The van der Waals surface area contributed by atoms with Crippen LogP contribution < -0.4 is 4.90 Å². The van der Waals surface area contributed by atoms with Crippen molar-refractivity contribution in [1.82, 2.24) is 4.90 Å². The van der Waals surface area contributed by atoms with Crippen LogP contribution >= 0.6 is 0 Å². The number of para-hydroxylation sites is 1. The van der Waals surface area contributed by atoms with E-state index >= 15 is 0 Å². The number of benzene rings is 2. The van der Waals surface area contributed by atoms with Gasteiger partial charge in [0.05, 0.1) is 6.10 Å². The van der Waals surface area contributed by atoms with Crippen molar-refractivity contribution < 1.29 is 14.7 Å². The molecule has 0 aliphatic carbocycles. The van der Waals surface area contributed by atoms with E-state index in [-0.39, 0.29) is 11.8 Å². The molecule has 0 saturated carbocycles. The molecule has 2 aromatic rings. The van der Waals surface area contributed by atoms with Crippen LogP contribution in [0, 0.1) is 0 Å². The first-order valence-electron chi connectivity index (χ1n) is 7.47. The van der Waals surface area contributed by atoms with Crippen molar-refractivity contribution in [2.24, 2.45) is 0 Å². The Bertz CT molecular complexity index is 707. The second kappa shape index (κ2) is 6.22. The van der Waals surface area contributed by atoms with Gasteiger partial charge in [0, 0.05) is 37.0 Å². The lowest BCUT2D eigenvalue weighted by Crippen LogP contribution is -2.53. The molecule has 0 aromatic heterocycles. The van der Waals surface area contributed by atoms with Gasteiger partial charge in [0.2, 0.25) is 0 Å². The summed E-state index contributed by atoms with van der Waals surface area (Å²) in [4.78, 5) is 27.7. The minimum Gasteiger partial charge on any atom is -0.389 e. The Morgan fingerprint density at radius 1 is 1.00 bits per heavy atom. The smallest absolute Gasteiger partial charge is 0.258 e. The molecule has 1 aliphatic heterocycles. The second-order valence-electron chi connectivity index (χ2n) is 5.64. The molecule has 0 atom stereocenters. The van der Waals surface area contributed by atoms with Crippen LogP contribution in [0.15, 0.2) is 54.6 Å². The summed E-state index contributed by atoms with van der Waals surface area (Å²) >= 11 is 0. The molecule has 0 bridgehead atoms. The molecular weight excluding hydrogens is 292 g/mol. The van der Waals surface area contributed by atoms with Gasteiger partial charge in [-0.2, -0.15) is 0 Å². The molecule has 2 amide bonds. The van der Waals surface area contributed by atoms with Crippen molar-refractivity contribution >= 4 is 17.5 Å². The number of carbonyl (C=O) groups is 2. The predicted octanol–water partition coefficient (Wildman–Crippen LogP) is 1.78. The fourth-order valence-electron chi connectivity index (χ4n) is 2.52. The van der Waals surface area contributed by atoms with E-state index in [0.717, 1.165) is 5.69 Å². The largest absolute Gasteiger partial charge is 0.389 e. The van der Waals surface area contributed by atoms with Gasteiger partial charge in [-0.1, -0.05) is 18.2 Å². The van der Waals surface area contributed by atoms with Crippen molar-refractivity contribution in [2.75, 3.05) is 25.0 Å². The summed E-state index contributed by atoms with van der Waals surface area (Å²) in [6, 6.07) is 16.0. The zero-order chi connectivity index (χ0) is 16.4. The van der Waals surface area contributed by atoms with Gasteiger partial charge in [0.1, 0.15) is 0 Å². The number of aliphatic hydroxyl groups excluding tert-OH is 1. The molecule has 5 nitrogen and oxygen atoms in total. The topological polar surface area (TPSA) is 60.9 Å². The third kappa shape index (κ3) is 3.10. The maximum atomic E-state index is 12.5. The molecule has 3 rings (SSSR count). The number of likely N-dealkylation sites (tertiary alicyclic amines) is 1. The molecule has 118 valence electrons. The lowest BCUT2D eigenvalue weighted by atomic mass is 10.1. The zero-order valence-corrected chi connectivity index (χ0v) is 12.8. The summed E-state index contributed by atoms with van der Waals surface area (Å²) in [5, 5.41) is 9.26. The van der Waals surface area contributed by atoms with Crippen LogP contribution in [0.1, 0.15) is 20.7 Å². The van der Waals surface area contributed by atoms with E-state index in [4.69, 9.17) is 0 Å². The summed E-state index contributed by atoms with van der Waals surface area (Å²) in [5.41, 5.74) is 1.86. The van der Waals surface area contributed by atoms with E-state index < -0.39 is 6.10 Å². The van der Waals surface area contributed by atoms with Crippen LogP contribution in [-0.2, 0) is 0 Å². The van der Waals surface area contributed by atoms with Gasteiger partial charge in [-0.25, -0.2) is 0 Å². The summed E-state index contributed by atoms with van der Waals surface area (Å²) in [5.74, 6) is -0.250. The third-order valence-electron chi connectivity index (χ3n) is 3.98. The summed E-state index contributed by atoms with van der Waals surface area (Å²) < 4.78 is 0. The average Bonchev–Trinajstić information content (AvgIpc) is 2.58. The van der Waals surface area contributed by atoms with Crippen molar-refractivity contribution in [3.63, 3.8) is 0 Å². The first-order valence-corrected chi connectivity index (χ1v) is 7.47. The Morgan fingerprint density at radius 3 is 2.13 bits per heavy atom. The van der Waals surface area contributed by atoms with Gasteiger partial charge in [-0.15, -0.1) is 0 Å². The van der Waals surface area contributed by atoms with E-state index in [1.165, 1.54) is 0 Å². The highest BCUT2D eigenvalue weighted by Crippen LogP contribution is 2.17. The first kappa shape index (κ1) is 15.2. The fourth-order valence-corrected chi connectivity index (χ4v) is 2.52. The molecule has 0 spiro atoms. The molecule has 1 N–H and O–H groups in total. The Labute approximate surface area is 134 Å². The van der Waals surface area contributed by atoms with E-state index in [0.29, 0.717) is 24.2 Å². The Kier molecular flexibility index (Phi) is 4.12. The molecular formula is C18H18N2O3. The van der Waals surface area contributed by atoms with Gasteiger partial charge < -0.3 is 14.9 Å². The highest BCUT2D eigenvalue weighted by molar-refractivity contribution is 6.06. The van der Waals surface area contributed by atoms with Gasteiger partial charge in [-0.05, 0) is 36.4 Å².